The Bertz CT molecular complexity index is 725. The molecule has 0 heterocycles. The van der Waals surface area contributed by atoms with Gasteiger partial charge in [0.15, 0.2) is 0 Å². The molecule has 0 aliphatic carbocycles. The van der Waals surface area contributed by atoms with Gasteiger partial charge >= 0.3 is 5.97 Å². The predicted octanol–water partition coefficient (Wildman–Crippen LogP) is 3.50. The lowest BCUT2D eigenvalue weighted by Crippen LogP contribution is -2.32. The van der Waals surface area contributed by atoms with E-state index in [1.54, 1.807) is 26.0 Å². The van der Waals surface area contributed by atoms with E-state index in [2.05, 4.69) is 5.32 Å². The zero-order valence-corrected chi connectivity index (χ0v) is 14.5. The summed E-state index contributed by atoms with van der Waals surface area (Å²) in [4.78, 5) is 23.5. The molecular formula is C20H23NO4. The fraction of sp³-hybridized carbons (Fsp3) is 0.300. The number of nitrogens with one attached hydrogen (secondary N) is 1. The van der Waals surface area contributed by atoms with E-state index in [4.69, 9.17) is 9.84 Å². The fourth-order valence-corrected chi connectivity index (χ4v) is 2.24. The number of amides is 1. The molecule has 0 aromatic heterocycles. The summed E-state index contributed by atoms with van der Waals surface area (Å²) in [6.07, 6.45) is 0.358. The Kier molecular flexibility index (Phi) is 6.17. The van der Waals surface area contributed by atoms with Crippen molar-refractivity contribution in [3.05, 3.63) is 65.7 Å². The maximum Gasteiger partial charge on any atom is 0.309 e. The molecule has 5 nitrogen and oxygen atoms in total. The van der Waals surface area contributed by atoms with Crippen molar-refractivity contribution in [2.45, 2.75) is 26.9 Å². The summed E-state index contributed by atoms with van der Waals surface area (Å²) in [5, 5.41) is 11.9. The van der Waals surface area contributed by atoms with Crippen molar-refractivity contribution < 1.29 is 19.4 Å². The van der Waals surface area contributed by atoms with Gasteiger partial charge in [-0.25, -0.2) is 0 Å². The number of para-hydroxylation sites is 1. The number of aliphatic carboxylic acids is 1. The third kappa shape index (κ3) is 5.35. The number of carbonyl (C=O) groups is 2. The number of carboxylic acids is 1. The first-order valence-corrected chi connectivity index (χ1v) is 8.17. The van der Waals surface area contributed by atoms with Crippen molar-refractivity contribution in [3.63, 3.8) is 0 Å². The standard InChI is InChI=1S/C20H23NO4/c1-20(2,19(23)24)12-13-21-18(22)17-11-7-6-8-15(17)14-25-16-9-4-3-5-10-16/h3-11H,12-14H2,1-2H3,(H,21,22)(H,23,24). The second kappa shape index (κ2) is 8.33. The second-order valence-electron chi connectivity index (χ2n) is 6.45. The van der Waals surface area contributed by atoms with Crippen LogP contribution < -0.4 is 10.1 Å². The molecule has 2 aromatic rings. The van der Waals surface area contributed by atoms with Gasteiger partial charge in [-0.3, -0.25) is 9.59 Å². The van der Waals surface area contributed by atoms with Gasteiger partial charge in [0.25, 0.3) is 5.91 Å². The molecule has 132 valence electrons. The molecule has 0 radical (unpaired) electrons. The molecule has 2 N–H and O–H groups in total. The van der Waals surface area contributed by atoms with Crippen LogP contribution in [0.3, 0.4) is 0 Å². The van der Waals surface area contributed by atoms with Crippen LogP contribution in [0.5, 0.6) is 5.75 Å². The van der Waals surface area contributed by atoms with Crippen molar-refractivity contribution in [2.24, 2.45) is 5.41 Å². The highest BCUT2D eigenvalue weighted by molar-refractivity contribution is 5.95. The smallest absolute Gasteiger partial charge is 0.309 e. The monoisotopic (exact) mass is 341 g/mol. The molecule has 0 bridgehead atoms. The molecule has 2 aromatic carbocycles. The van der Waals surface area contributed by atoms with Gasteiger partial charge in [-0.2, -0.15) is 0 Å². The number of carboxylic acid groups (broad SMARTS) is 1. The number of benzene rings is 2. The molecule has 0 spiro atoms. The van der Waals surface area contributed by atoms with Gasteiger partial charge in [0.2, 0.25) is 0 Å². The van der Waals surface area contributed by atoms with E-state index >= 15 is 0 Å². The Morgan fingerprint density at radius 3 is 2.36 bits per heavy atom. The zero-order chi connectivity index (χ0) is 18.3. The Hall–Kier alpha value is -2.82. The molecule has 1 amide bonds. The average molecular weight is 341 g/mol. The van der Waals surface area contributed by atoms with Crippen LogP contribution in [0.15, 0.2) is 54.6 Å². The van der Waals surface area contributed by atoms with E-state index in [9.17, 15) is 9.59 Å². The maximum absolute atomic E-state index is 12.4. The third-order valence-corrected chi connectivity index (χ3v) is 4.01. The predicted molar refractivity (Wildman–Crippen MR) is 95.6 cm³/mol. The number of hydrogen-bond donors (Lipinski definition) is 2. The third-order valence-electron chi connectivity index (χ3n) is 4.01. The Labute approximate surface area is 147 Å². The number of hydrogen-bond acceptors (Lipinski definition) is 3. The van der Waals surface area contributed by atoms with Gasteiger partial charge < -0.3 is 15.2 Å². The lowest BCUT2D eigenvalue weighted by Gasteiger charge is -2.19. The van der Waals surface area contributed by atoms with Gasteiger partial charge in [0.05, 0.1) is 5.41 Å². The van der Waals surface area contributed by atoms with Gasteiger partial charge in [-0.1, -0.05) is 36.4 Å². The van der Waals surface area contributed by atoms with Crippen molar-refractivity contribution >= 4 is 11.9 Å². The summed E-state index contributed by atoms with van der Waals surface area (Å²) in [6.45, 7) is 3.87. The van der Waals surface area contributed by atoms with Gasteiger partial charge in [-0.15, -0.1) is 0 Å². The summed E-state index contributed by atoms with van der Waals surface area (Å²) >= 11 is 0. The number of ether oxygens (including phenoxy) is 1. The van der Waals surface area contributed by atoms with E-state index in [0.717, 1.165) is 11.3 Å². The first kappa shape index (κ1) is 18.5. The van der Waals surface area contributed by atoms with E-state index in [0.29, 0.717) is 18.5 Å². The molecule has 0 aliphatic heterocycles. The lowest BCUT2D eigenvalue weighted by molar-refractivity contribution is -0.147. The van der Waals surface area contributed by atoms with Crippen LogP contribution in [0.4, 0.5) is 0 Å². The number of rotatable bonds is 8. The normalized spacial score (nSPS) is 11.0. The average Bonchev–Trinajstić information content (AvgIpc) is 2.60. The first-order chi connectivity index (χ1) is 11.9. The topological polar surface area (TPSA) is 75.6 Å². The van der Waals surface area contributed by atoms with Gasteiger partial charge in [-0.05, 0) is 38.5 Å². The molecule has 2 rings (SSSR count). The van der Waals surface area contributed by atoms with Crippen LogP contribution in [-0.2, 0) is 11.4 Å². The van der Waals surface area contributed by atoms with Crippen LogP contribution in [-0.4, -0.2) is 23.5 Å². The van der Waals surface area contributed by atoms with Crippen LogP contribution >= 0.6 is 0 Å². The summed E-state index contributed by atoms with van der Waals surface area (Å²) < 4.78 is 5.72. The highest BCUT2D eigenvalue weighted by atomic mass is 16.5. The van der Waals surface area contributed by atoms with Gasteiger partial charge in [0.1, 0.15) is 12.4 Å². The summed E-state index contributed by atoms with van der Waals surface area (Å²) in [6, 6.07) is 16.6. The molecular weight excluding hydrogens is 318 g/mol. The van der Waals surface area contributed by atoms with Crippen LogP contribution in [0.25, 0.3) is 0 Å². The maximum atomic E-state index is 12.4. The number of carbonyl (C=O) groups excluding carboxylic acids is 1. The molecule has 25 heavy (non-hydrogen) atoms. The highest BCUT2D eigenvalue weighted by Gasteiger charge is 2.26. The Balaban J connectivity index is 1.97. The minimum Gasteiger partial charge on any atom is -0.489 e. The lowest BCUT2D eigenvalue weighted by atomic mass is 9.89. The molecule has 0 saturated carbocycles. The van der Waals surface area contributed by atoms with E-state index < -0.39 is 11.4 Å². The zero-order valence-electron chi connectivity index (χ0n) is 14.5. The van der Waals surface area contributed by atoms with E-state index in [1.165, 1.54) is 0 Å². The van der Waals surface area contributed by atoms with E-state index in [-0.39, 0.29) is 12.5 Å². The van der Waals surface area contributed by atoms with E-state index in [1.807, 2.05) is 42.5 Å². The largest absolute Gasteiger partial charge is 0.489 e. The minimum atomic E-state index is -0.876. The SMILES string of the molecule is CC(C)(CCNC(=O)c1ccccc1COc1ccccc1)C(=O)O. The minimum absolute atomic E-state index is 0.228. The summed E-state index contributed by atoms with van der Waals surface area (Å²) in [7, 11) is 0. The van der Waals surface area contributed by atoms with Crippen molar-refractivity contribution in [1.82, 2.24) is 5.32 Å². The fourth-order valence-electron chi connectivity index (χ4n) is 2.24. The molecule has 5 heteroatoms. The van der Waals surface area contributed by atoms with Gasteiger partial charge in [0, 0.05) is 17.7 Å². The molecule has 0 atom stereocenters. The molecule has 0 fully saturated rings. The molecule has 0 saturated heterocycles. The Morgan fingerprint density at radius 1 is 1.04 bits per heavy atom. The first-order valence-electron chi connectivity index (χ1n) is 8.17. The van der Waals surface area contributed by atoms with Crippen LogP contribution in [0.2, 0.25) is 0 Å². The van der Waals surface area contributed by atoms with Crippen molar-refractivity contribution in [2.75, 3.05) is 6.54 Å². The quantitative estimate of drug-likeness (QED) is 0.770. The van der Waals surface area contributed by atoms with Crippen molar-refractivity contribution in [1.29, 1.82) is 0 Å². The highest BCUT2D eigenvalue weighted by Crippen LogP contribution is 2.20. The van der Waals surface area contributed by atoms with Crippen LogP contribution in [0.1, 0.15) is 36.2 Å². The van der Waals surface area contributed by atoms with Crippen molar-refractivity contribution in [3.8, 4) is 5.75 Å². The second-order valence-corrected chi connectivity index (χ2v) is 6.45. The van der Waals surface area contributed by atoms with Crippen LogP contribution in [0, 0.1) is 5.41 Å². The Morgan fingerprint density at radius 2 is 1.68 bits per heavy atom. The molecule has 0 aliphatic rings. The summed E-state index contributed by atoms with van der Waals surface area (Å²) in [5.41, 5.74) is 0.441. The summed E-state index contributed by atoms with van der Waals surface area (Å²) in [5.74, 6) is -0.368. The molecule has 0 unspecified atom stereocenters.